The quantitative estimate of drug-likeness (QED) is 0.866. The van der Waals surface area contributed by atoms with Crippen molar-refractivity contribution in [3.63, 3.8) is 0 Å². The summed E-state index contributed by atoms with van der Waals surface area (Å²) in [7, 11) is 0. The Kier molecular flexibility index (Phi) is 5.43. The van der Waals surface area contributed by atoms with Gasteiger partial charge in [0.25, 0.3) is 0 Å². The molecule has 1 aromatic carbocycles. The maximum Gasteiger partial charge on any atom is 0.321 e. The molecule has 148 valence electrons. The third-order valence-electron chi connectivity index (χ3n) is 5.51. The summed E-state index contributed by atoms with van der Waals surface area (Å²) in [4.78, 5) is 26.4. The molecule has 28 heavy (non-hydrogen) atoms. The molecular weight excluding hydrogens is 354 g/mol. The Bertz CT molecular complexity index is 864. The van der Waals surface area contributed by atoms with E-state index in [1.807, 2.05) is 43.0 Å². The van der Waals surface area contributed by atoms with Crippen molar-refractivity contribution in [3.8, 4) is 0 Å². The molecule has 3 heterocycles. The lowest BCUT2D eigenvalue weighted by atomic mass is 10.1. The molecule has 0 bridgehead atoms. The maximum atomic E-state index is 12.8. The summed E-state index contributed by atoms with van der Waals surface area (Å²) < 4.78 is 5.43. The second-order valence-electron chi connectivity index (χ2n) is 7.37. The predicted octanol–water partition coefficient (Wildman–Crippen LogP) is 2.56. The van der Waals surface area contributed by atoms with E-state index in [2.05, 4.69) is 10.2 Å². The lowest BCUT2D eigenvalue weighted by Gasteiger charge is -2.27. The Morgan fingerprint density at radius 3 is 2.57 bits per heavy atom. The van der Waals surface area contributed by atoms with E-state index in [1.165, 1.54) is 5.56 Å². The number of benzene rings is 1. The highest BCUT2D eigenvalue weighted by atomic mass is 16.5. The number of para-hydroxylation sites is 1. The Balaban J connectivity index is 1.48. The summed E-state index contributed by atoms with van der Waals surface area (Å²) in [6, 6.07) is 7.79. The van der Waals surface area contributed by atoms with Crippen molar-refractivity contribution in [1.29, 1.82) is 0 Å². The molecule has 7 nitrogen and oxygen atoms in total. The van der Waals surface area contributed by atoms with E-state index < -0.39 is 0 Å². The van der Waals surface area contributed by atoms with Gasteiger partial charge < -0.3 is 19.9 Å². The van der Waals surface area contributed by atoms with Gasteiger partial charge in [-0.15, -0.1) is 0 Å². The molecule has 2 amide bonds. The van der Waals surface area contributed by atoms with Gasteiger partial charge in [-0.1, -0.05) is 18.2 Å². The van der Waals surface area contributed by atoms with Crippen LogP contribution in [0.3, 0.4) is 0 Å². The van der Waals surface area contributed by atoms with Crippen LogP contribution in [0.5, 0.6) is 0 Å². The number of anilines is 2. The lowest BCUT2D eigenvalue weighted by molar-refractivity contribution is 0.122. The van der Waals surface area contributed by atoms with Gasteiger partial charge in [-0.05, 0) is 37.5 Å². The largest absolute Gasteiger partial charge is 0.378 e. The third-order valence-corrected chi connectivity index (χ3v) is 5.51. The average Bonchev–Trinajstić information content (AvgIpc) is 2.93. The molecule has 0 spiro atoms. The van der Waals surface area contributed by atoms with Crippen LogP contribution >= 0.6 is 0 Å². The van der Waals surface area contributed by atoms with Gasteiger partial charge >= 0.3 is 6.03 Å². The fraction of sp³-hybridized carbons (Fsp3) is 0.476. The van der Waals surface area contributed by atoms with Crippen LogP contribution in [0.4, 0.5) is 16.4 Å². The molecule has 2 aliphatic rings. The molecule has 1 fully saturated rings. The highest BCUT2D eigenvalue weighted by Gasteiger charge is 2.23. The summed E-state index contributed by atoms with van der Waals surface area (Å²) in [5.41, 5.74) is 5.20. The van der Waals surface area contributed by atoms with Crippen molar-refractivity contribution in [2.24, 2.45) is 0 Å². The van der Waals surface area contributed by atoms with Gasteiger partial charge in [0.1, 0.15) is 0 Å². The molecule has 0 radical (unpaired) electrons. The van der Waals surface area contributed by atoms with Crippen LogP contribution in [0.15, 0.2) is 24.3 Å². The minimum absolute atomic E-state index is 0.0545. The molecule has 0 saturated carbocycles. The summed E-state index contributed by atoms with van der Waals surface area (Å²) in [5, 5.41) is 3.04. The number of carbonyl (C=O) groups excluding carboxylic acids is 1. The van der Waals surface area contributed by atoms with Crippen LogP contribution in [-0.2, 0) is 17.6 Å². The Hall–Kier alpha value is -2.67. The number of hydrogen-bond donors (Lipinski definition) is 1. The van der Waals surface area contributed by atoms with Crippen LogP contribution in [0, 0.1) is 13.8 Å². The highest BCUT2D eigenvalue weighted by Crippen LogP contribution is 2.22. The van der Waals surface area contributed by atoms with Crippen molar-refractivity contribution >= 4 is 17.7 Å². The molecule has 0 aliphatic carbocycles. The van der Waals surface area contributed by atoms with Gasteiger partial charge in [-0.25, -0.2) is 14.8 Å². The van der Waals surface area contributed by atoms with Crippen molar-refractivity contribution in [2.75, 3.05) is 49.6 Å². The second kappa shape index (κ2) is 8.14. The van der Waals surface area contributed by atoms with E-state index in [0.717, 1.165) is 54.5 Å². The zero-order valence-corrected chi connectivity index (χ0v) is 16.6. The van der Waals surface area contributed by atoms with Crippen LogP contribution < -0.4 is 10.2 Å². The van der Waals surface area contributed by atoms with Crippen LogP contribution in [-0.4, -0.2) is 60.3 Å². The number of rotatable bonds is 2. The second-order valence-corrected chi connectivity index (χ2v) is 7.37. The first kappa shape index (κ1) is 18.7. The first-order valence-electron chi connectivity index (χ1n) is 9.92. The Morgan fingerprint density at radius 2 is 1.79 bits per heavy atom. The Labute approximate surface area is 165 Å². The van der Waals surface area contributed by atoms with Crippen LogP contribution in [0.2, 0.25) is 0 Å². The summed E-state index contributed by atoms with van der Waals surface area (Å²) in [6.45, 7) is 8.45. The molecule has 1 N–H and O–H groups in total. The number of nitrogens with zero attached hydrogens (tertiary/aromatic N) is 4. The van der Waals surface area contributed by atoms with E-state index in [1.54, 1.807) is 0 Å². The predicted molar refractivity (Wildman–Crippen MR) is 109 cm³/mol. The molecule has 1 saturated heterocycles. The molecule has 1 aromatic heterocycles. The molecule has 0 atom stereocenters. The fourth-order valence-electron chi connectivity index (χ4n) is 3.79. The number of carbonyl (C=O) groups is 1. The van der Waals surface area contributed by atoms with Gasteiger partial charge in [-0.2, -0.15) is 0 Å². The van der Waals surface area contributed by atoms with E-state index >= 15 is 0 Å². The highest BCUT2D eigenvalue weighted by molar-refractivity contribution is 5.90. The SMILES string of the molecule is Cc1ccccc1NC(=O)N1CCc2nc(N3CCOCC3)nc(C)c2CC1. The van der Waals surface area contributed by atoms with Gasteiger partial charge in [-0.3, -0.25) is 0 Å². The average molecular weight is 381 g/mol. The van der Waals surface area contributed by atoms with Gasteiger partial charge in [0.15, 0.2) is 0 Å². The smallest absolute Gasteiger partial charge is 0.321 e. The van der Waals surface area contributed by atoms with E-state index in [4.69, 9.17) is 14.7 Å². The number of morpholine rings is 1. The normalized spacial score (nSPS) is 17.1. The molecule has 7 heteroatoms. The first-order valence-corrected chi connectivity index (χ1v) is 9.92. The van der Waals surface area contributed by atoms with E-state index in [0.29, 0.717) is 26.3 Å². The minimum Gasteiger partial charge on any atom is -0.378 e. The minimum atomic E-state index is -0.0545. The monoisotopic (exact) mass is 381 g/mol. The van der Waals surface area contributed by atoms with Crippen molar-refractivity contribution < 1.29 is 9.53 Å². The van der Waals surface area contributed by atoms with Crippen LogP contribution in [0.1, 0.15) is 22.5 Å². The molecule has 4 rings (SSSR count). The van der Waals surface area contributed by atoms with E-state index in [-0.39, 0.29) is 6.03 Å². The standard InChI is InChI=1S/C21H27N5O2/c1-15-5-3-4-6-18(15)24-21(27)26-9-7-17-16(2)22-20(23-19(17)8-10-26)25-11-13-28-14-12-25/h3-6H,7-14H2,1-2H3,(H,24,27). The summed E-state index contributed by atoms with van der Waals surface area (Å²) in [5.74, 6) is 0.789. The van der Waals surface area contributed by atoms with Crippen molar-refractivity contribution in [3.05, 3.63) is 46.8 Å². The number of aryl methyl sites for hydroxylation is 2. The number of ether oxygens (including phenoxy) is 1. The summed E-state index contributed by atoms with van der Waals surface area (Å²) >= 11 is 0. The number of hydrogen-bond acceptors (Lipinski definition) is 5. The van der Waals surface area contributed by atoms with Crippen LogP contribution in [0.25, 0.3) is 0 Å². The number of amides is 2. The molecular formula is C21H27N5O2. The Morgan fingerprint density at radius 1 is 1.04 bits per heavy atom. The topological polar surface area (TPSA) is 70.6 Å². The number of nitrogens with one attached hydrogen (secondary N) is 1. The number of aromatic nitrogens is 2. The fourth-order valence-corrected chi connectivity index (χ4v) is 3.79. The van der Waals surface area contributed by atoms with Gasteiger partial charge in [0.2, 0.25) is 5.95 Å². The number of fused-ring (bicyclic) bond motifs is 1. The van der Waals surface area contributed by atoms with E-state index in [9.17, 15) is 4.79 Å². The lowest BCUT2D eigenvalue weighted by Crippen LogP contribution is -2.37. The third kappa shape index (κ3) is 3.94. The molecule has 0 unspecified atom stereocenters. The van der Waals surface area contributed by atoms with Gasteiger partial charge in [0.05, 0.1) is 18.9 Å². The summed E-state index contributed by atoms with van der Waals surface area (Å²) in [6.07, 6.45) is 1.53. The van der Waals surface area contributed by atoms with Gasteiger partial charge in [0, 0.05) is 44.0 Å². The maximum absolute atomic E-state index is 12.8. The zero-order valence-electron chi connectivity index (χ0n) is 16.6. The number of urea groups is 1. The molecule has 2 aromatic rings. The first-order chi connectivity index (χ1) is 13.6. The zero-order chi connectivity index (χ0) is 19.5. The molecule has 2 aliphatic heterocycles. The van der Waals surface area contributed by atoms with Crippen molar-refractivity contribution in [1.82, 2.24) is 14.9 Å². The van der Waals surface area contributed by atoms with Crippen molar-refractivity contribution in [2.45, 2.75) is 26.7 Å².